The van der Waals surface area contributed by atoms with Crippen molar-refractivity contribution in [1.29, 1.82) is 0 Å². The van der Waals surface area contributed by atoms with Gasteiger partial charge in [0.1, 0.15) is 4.90 Å². The summed E-state index contributed by atoms with van der Waals surface area (Å²) in [6, 6.07) is 0. The highest BCUT2D eigenvalue weighted by atomic mass is 32.2. The summed E-state index contributed by atoms with van der Waals surface area (Å²) in [7, 11) is -2.00. The number of aromatic nitrogens is 2. The van der Waals surface area contributed by atoms with E-state index in [2.05, 4.69) is 5.10 Å². The molecule has 0 aromatic carbocycles. The molecule has 1 aliphatic carbocycles. The summed E-state index contributed by atoms with van der Waals surface area (Å²) in [5.41, 5.74) is -0.894. The normalized spacial score (nSPS) is 30.6. The first-order valence-corrected chi connectivity index (χ1v) is 8.02. The van der Waals surface area contributed by atoms with Gasteiger partial charge in [-0.25, -0.2) is 8.42 Å². The largest absolute Gasteiger partial charge is 0.481 e. The number of hydrogen-bond donors (Lipinski definition) is 1. The maximum absolute atomic E-state index is 12.5. The fourth-order valence-corrected chi connectivity index (χ4v) is 5.00. The molecule has 3 rings (SSSR count). The number of carboxylic acid groups (broad SMARTS) is 1. The lowest BCUT2D eigenvalue weighted by atomic mass is 9.81. The Morgan fingerprint density at radius 3 is 2.85 bits per heavy atom. The summed E-state index contributed by atoms with van der Waals surface area (Å²) >= 11 is 0. The first-order valence-electron chi connectivity index (χ1n) is 6.58. The molecule has 1 aliphatic heterocycles. The van der Waals surface area contributed by atoms with Gasteiger partial charge in [-0.1, -0.05) is 6.42 Å². The zero-order valence-corrected chi connectivity index (χ0v) is 12.0. The number of fused-ring (bicyclic) bond motifs is 1. The smallest absolute Gasteiger partial charge is 0.311 e. The number of carboxylic acids is 1. The molecule has 0 amide bonds. The van der Waals surface area contributed by atoms with Gasteiger partial charge < -0.3 is 5.11 Å². The highest BCUT2D eigenvalue weighted by molar-refractivity contribution is 7.89. The van der Waals surface area contributed by atoms with Crippen molar-refractivity contribution in [1.82, 2.24) is 14.1 Å². The van der Waals surface area contributed by atoms with Crippen LogP contribution in [0, 0.1) is 11.3 Å². The van der Waals surface area contributed by atoms with Crippen LogP contribution in [0.4, 0.5) is 0 Å². The summed E-state index contributed by atoms with van der Waals surface area (Å²) in [6.45, 7) is 0.369. The van der Waals surface area contributed by atoms with E-state index in [0.29, 0.717) is 13.0 Å². The topological polar surface area (TPSA) is 92.5 Å². The molecule has 1 saturated heterocycles. The molecule has 2 atom stereocenters. The van der Waals surface area contributed by atoms with Crippen LogP contribution in [0.1, 0.15) is 19.3 Å². The predicted molar refractivity (Wildman–Crippen MR) is 69.4 cm³/mol. The van der Waals surface area contributed by atoms with Gasteiger partial charge in [0.15, 0.2) is 0 Å². The van der Waals surface area contributed by atoms with Crippen LogP contribution >= 0.6 is 0 Å². The second-order valence-electron chi connectivity index (χ2n) is 5.70. The van der Waals surface area contributed by atoms with Crippen molar-refractivity contribution >= 4 is 16.0 Å². The van der Waals surface area contributed by atoms with Gasteiger partial charge in [-0.3, -0.25) is 9.48 Å². The number of aliphatic carboxylic acids is 1. The van der Waals surface area contributed by atoms with Crippen molar-refractivity contribution in [2.75, 3.05) is 13.1 Å². The molecule has 8 heteroatoms. The van der Waals surface area contributed by atoms with Gasteiger partial charge in [-0.2, -0.15) is 9.40 Å². The minimum absolute atomic E-state index is 0.0736. The average molecular weight is 299 g/mol. The Morgan fingerprint density at radius 1 is 1.55 bits per heavy atom. The van der Waals surface area contributed by atoms with E-state index < -0.39 is 21.4 Å². The first-order chi connectivity index (χ1) is 9.36. The van der Waals surface area contributed by atoms with Crippen molar-refractivity contribution in [3.05, 3.63) is 12.4 Å². The van der Waals surface area contributed by atoms with Gasteiger partial charge >= 0.3 is 5.97 Å². The first kappa shape index (κ1) is 13.6. The molecule has 1 aromatic heterocycles. The van der Waals surface area contributed by atoms with Gasteiger partial charge in [0, 0.05) is 26.3 Å². The molecule has 1 aromatic rings. The van der Waals surface area contributed by atoms with Crippen molar-refractivity contribution < 1.29 is 18.3 Å². The van der Waals surface area contributed by atoms with Crippen LogP contribution in [0.2, 0.25) is 0 Å². The predicted octanol–water partition coefficient (Wildman–Crippen LogP) is 0.295. The van der Waals surface area contributed by atoms with Crippen LogP contribution in [-0.4, -0.2) is 46.7 Å². The Morgan fingerprint density at radius 2 is 2.30 bits per heavy atom. The summed E-state index contributed by atoms with van der Waals surface area (Å²) in [4.78, 5) is 11.7. The van der Waals surface area contributed by atoms with Crippen LogP contribution in [0.15, 0.2) is 17.3 Å². The van der Waals surface area contributed by atoms with Crippen molar-refractivity contribution in [3.8, 4) is 0 Å². The zero-order valence-electron chi connectivity index (χ0n) is 11.2. The number of nitrogens with zero attached hydrogens (tertiary/aromatic N) is 3. The number of aryl methyl sites for hydroxylation is 1. The Balaban J connectivity index is 1.92. The third-order valence-electron chi connectivity index (χ3n) is 4.58. The molecule has 0 bridgehead atoms. The summed E-state index contributed by atoms with van der Waals surface area (Å²) in [5.74, 6) is -0.949. The van der Waals surface area contributed by atoms with Crippen molar-refractivity contribution in [2.45, 2.75) is 24.2 Å². The highest BCUT2D eigenvalue weighted by Gasteiger charge is 2.57. The molecule has 2 fully saturated rings. The number of sulfonamides is 1. The number of rotatable bonds is 3. The molecule has 1 saturated carbocycles. The fourth-order valence-electron chi connectivity index (χ4n) is 3.46. The van der Waals surface area contributed by atoms with E-state index in [1.54, 1.807) is 7.05 Å². The van der Waals surface area contributed by atoms with E-state index in [1.165, 1.54) is 21.4 Å². The molecule has 2 aliphatic rings. The third-order valence-corrected chi connectivity index (χ3v) is 6.35. The SMILES string of the molecule is Cn1cc(S(=O)(=O)N2C[C@@H]3CCC[C@@]3(C(=O)O)C2)cn1. The maximum atomic E-state index is 12.5. The average Bonchev–Trinajstić information content (AvgIpc) is 3.00. The number of carbonyl (C=O) groups is 1. The Kier molecular flexibility index (Phi) is 2.91. The molecule has 110 valence electrons. The lowest BCUT2D eigenvalue weighted by molar-refractivity contribution is -0.149. The number of hydrogen-bond acceptors (Lipinski definition) is 4. The fraction of sp³-hybridized carbons (Fsp3) is 0.667. The summed E-state index contributed by atoms with van der Waals surface area (Å²) in [6.07, 6.45) is 4.95. The van der Waals surface area contributed by atoms with E-state index >= 15 is 0 Å². The summed E-state index contributed by atoms with van der Waals surface area (Å²) in [5, 5.41) is 13.4. The van der Waals surface area contributed by atoms with E-state index in [1.807, 2.05) is 0 Å². The van der Waals surface area contributed by atoms with Crippen LogP contribution in [0.25, 0.3) is 0 Å². The van der Waals surface area contributed by atoms with Gasteiger partial charge in [0.2, 0.25) is 10.0 Å². The molecule has 0 spiro atoms. The van der Waals surface area contributed by atoms with Gasteiger partial charge in [-0.05, 0) is 18.8 Å². The minimum atomic E-state index is -3.64. The summed E-state index contributed by atoms with van der Waals surface area (Å²) < 4.78 is 27.8. The van der Waals surface area contributed by atoms with Crippen LogP contribution in [0.3, 0.4) is 0 Å². The van der Waals surface area contributed by atoms with Gasteiger partial charge in [0.05, 0.1) is 11.6 Å². The Labute approximate surface area is 117 Å². The molecule has 7 nitrogen and oxygen atoms in total. The van der Waals surface area contributed by atoms with Crippen molar-refractivity contribution in [2.24, 2.45) is 18.4 Å². The molecule has 0 radical (unpaired) electrons. The van der Waals surface area contributed by atoms with E-state index in [9.17, 15) is 18.3 Å². The quantitative estimate of drug-likeness (QED) is 0.866. The molecular weight excluding hydrogens is 282 g/mol. The molecular formula is C12H17N3O4S. The highest BCUT2D eigenvalue weighted by Crippen LogP contribution is 2.50. The van der Waals surface area contributed by atoms with Crippen LogP contribution < -0.4 is 0 Å². The van der Waals surface area contributed by atoms with Crippen LogP contribution in [0.5, 0.6) is 0 Å². The Bertz CT molecular complexity index is 653. The van der Waals surface area contributed by atoms with Crippen molar-refractivity contribution in [3.63, 3.8) is 0 Å². The Hall–Kier alpha value is -1.41. The van der Waals surface area contributed by atoms with Gasteiger partial charge in [-0.15, -0.1) is 0 Å². The zero-order chi connectivity index (χ0) is 14.5. The second-order valence-corrected chi connectivity index (χ2v) is 7.64. The van der Waals surface area contributed by atoms with E-state index in [-0.39, 0.29) is 17.4 Å². The standard InChI is InChI=1S/C12H17N3O4S/c1-14-7-10(5-13-14)20(18,19)15-6-9-3-2-4-12(9,8-15)11(16)17/h5,7,9H,2-4,6,8H2,1H3,(H,16,17)/t9-,12+/m0/s1. The lowest BCUT2D eigenvalue weighted by Crippen LogP contribution is -2.37. The molecule has 20 heavy (non-hydrogen) atoms. The van der Waals surface area contributed by atoms with Crippen LogP contribution in [-0.2, 0) is 21.9 Å². The molecule has 1 N–H and O–H groups in total. The second kappa shape index (κ2) is 4.29. The monoisotopic (exact) mass is 299 g/mol. The lowest BCUT2D eigenvalue weighted by Gasteiger charge is -2.23. The minimum Gasteiger partial charge on any atom is -0.481 e. The van der Waals surface area contributed by atoms with E-state index in [4.69, 9.17) is 0 Å². The van der Waals surface area contributed by atoms with Gasteiger partial charge in [0.25, 0.3) is 0 Å². The van der Waals surface area contributed by atoms with E-state index in [0.717, 1.165) is 12.8 Å². The maximum Gasteiger partial charge on any atom is 0.311 e. The molecule has 2 heterocycles. The third kappa shape index (κ3) is 1.78. The molecule has 0 unspecified atom stereocenters.